The molecule has 0 aliphatic rings. The van der Waals surface area contributed by atoms with Gasteiger partial charge < -0.3 is 6.92 Å². The van der Waals surface area contributed by atoms with Crippen molar-refractivity contribution in [1.29, 1.82) is 0 Å². The predicted octanol–water partition coefficient (Wildman–Crippen LogP) is -1.64. The molecular formula is C5H13KO4S. The molecule has 0 atom stereocenters. The summed E-state index contributed by atoms with van der Waals surface area (Å²) in [5.74, 6) is 0. The summed E-state index contributed by atoms with van der Waals surface area (Å²) in [6.45, 7) is 5.85. The van der Waals surface area contributed by atoms with Crippen molar-refractivity contribution in [2.45, 2.75) is 26.2 Å². The first-order valence-corrected chi connectivity index (χ1v) is 4.30. The van der Waals surface area contributed by atoms with E-state index in [2.05, 4.69) is 13.8 Å². The Hall–Kier alpha value is 1.51. The number of hydrogen-bond acceptors (Lipinski definition) is 2. The molecule has 4 nitrogen and oxygen atoms in total. The first kappa shape index (κ1) is 18.3. The van der Waals surface area contributed by atoms with E-state index in [0.29, 0.717) is 0 Å². The van der Waals surface area contributed by atoms with E-state index in [9.17, 15) is 0 Å². The van der Waals surface area contributed by atoms with Crippen LogP contribution in [0.25, 0.3) is 0 Å². The molecule has 0 fully saturated rings. The molecule has 0 aliphatic heterocycles. The van der Waals surface area contributed by atoms with Crippen LogP contribution in [0.3, 0.4) is 0 Å². The Morgan fingerprint density at radius 2 is 1.64 bits per heavy atom. The maximum Gasteiger partial charge on any atom is 1.00 e. The van der Waals surface area contributed by atoms with E-state index < -0.39 is 10.4 Å². The molecular weight excluding hydrogens is 195 g/mol. The topological polar surface area (TPSA) is 74.6 Å². The van der Waals surface area contributed by atoms with E-state index in [0.717, 1.165) is 6.42 Å². The van der Waals surface area contributed by atoms with Crippen LogP contribution in [0.1, 0.15) is 26.2 Å². The molecule has 2 N–H and O–H groups in total. The Morgan fingerprint density at radius 1 is 1.36 bits per heavy atom. The van der Waals surface area contributed by atoms with Crippen LogP contribution in [0.2, 0.25) is 0 Å². The standard InChI is InChI=1S/C5H11.K.H2O4S/c1-3-5-4-2;;1-5(2,3)4/h1,3-5H2,2H3;;(H2,1,2,3,4)/q-1;+1;. The first-order valence-electron chi connectivity index (χ1n) is 2.91. The third-order valence-electron chi connectivity index (χ3n) is 0.604. The van der Waals surface area contributed by atoms with Crippen LogP contribution >= 0.6 is 0 Å². The van der Waals surface area contributed by atoms with Gasteiger partial charge in [0.2, 0.25) is 0 Å². The summed E-state index contributed by atoms with van der Waals surface area (Å²) in [5, 5.41) is 0. The van der Waals surface area contributed by atoms with Crippen molar-refractivity contribution in [2.24, 2.45) is 0 Å². The number of rotatable bonds is 2. The van der Waals surface area contributed by atoms with Gasteiger partial charge in [0.05, 0.1) is 0 Å². The van der Waals surface area contributed by atoms with Crippen LogP contribution in [0.4, 0.5) is 0 Å². The maximum atomic E-state index is 8.74. The van der Waals surface area contributed by atoms with Crippen LogP contribution in [-0.2, 0) is 10.4 Å². The quantitative estimate of drug-likeness (QED) is 0.324. The van der Waals surface area contributed by atoms with Crippen LogP contribution in [0.5, 0.6) is 0 Å². The van der Waals surface area contributed by atoms with Crippen LogP contribution < -0.4 is 51.4 Å². The van der Waals surface area contributed by atoms with E-state index in [4.69, 9.17) is 17.5 Å². The minimum Gasteiger partial charge on any atom is -0.343 e. The summed E-state index contributed by atoms with van der Waals surface area (Å²) in [5.41, 5.74) is 0. The van der Waals surface area contributed by atoms with Gasteiger partial charge in [0.25, 0.3) is 0 Å². The van der Waals surface area contributed by atoms with Crippen molar-refractivity contribution in [2.75, 3.05) is 0 Å². The third-order valence-corrected chi connectivity index (χ3v) is 0.604. The molecule has 0 aromatic rings. The molecule has 0 bridgehead atoms. The Bertz CT molecular complexity index is 133. The van der Waals surface area contributed by atoms with Crippen molar-refractivity contribution in [1.82, 2.24) is 0 Å². The smallest absolute Gasteiger partial charge is 0.343 e. The van der Waals surface area contributed by atoms with Gasteiger partial charge in [-0.2, -0.15) is 14.8 Å². The molecule has 0 aliphatic carbocycles. The minimum atomic E-state index is -4.67. The maximum absolute atomic E-state index is 8.74. The van der Waals surface area contributed by atoms with Crippen molar-refractivity contribution in [3.8, 4) is 0 Å². The molecule has 6 heteroatoms. The Balaban J connectivity index is -0.000000107. The van der Waals surface area contributed by atoms with Gasteiger partial charge in [-0.3, -0.25) is 9.11 Å². The molecule has 0 amide bonds. The average molecular weight is 208 g/mol. The summed E-state index contributed by atoms with van der Waals surface area (Å²) in [4.78, 5) is 0. The molecule has 0 spiro atoms. The molecule has 0 aromatic carbocycles. The predicted molar refractivity (Wildman–Crippen MR) is 39.1 cm³/mol. The zero-order valence-electron chi connectivity index (χ0n) is 6.95. The second kappa shape index (κ2) is 11.5. The molecule has 0 saturated heterocycles. The normalized spacial score (nSPS) is 9.09. The molecule has 0 saturated carbocycles. The van der Waals surface area contributed by atoms with Gasteiger partial charge in [-0.25, -0.2) is 0 Å². The molecule has 0 aromatic heterocycles. The fraction of sp³-hybridized carbons (Fsp3) is 0.800. The Labute approximate surface area is 111 Å². The van der Waals surface area contributed by atoms with E-state index in [-0.39, 0.29) is 51.4 Å². The average Bonchev–Trinajstić information content (AvgIpc) is 1.63. The molecule has 11 heavy (non-hydrogen) atoms. The molecule has 0 rings (SSSR count). The van der Waals surface area contributed by atoms with Crippen LogP contribution in [-0.4, -0.2) is 17.5 Å². The van der Waals surface area contributed by atoms with Crippen LogP contribution in [0.15, 0.2) is 0 Å². The summed E-state index contributed by atoms with van der Waals surface area (Å²) in [6, 6.07) is 0. The summed E-state index contributed by atoms with van der Waals surface area (Å²) < 4.78 is 31.6. The summed E-state index contributed by atoms with van der Waals surface area (Å²) >= 11 is 0. The van der Waals surface area contributed by atoms with Gasteiger partial charge in [-0.1, -0.05) is 19.8 Å². The fourth-order valence-corrected chi connectivity index (χ4v) is 0.250. The van der Waals surface area contributed by atoms with Crippen LogP contribution in [0, 0.1) is 6.92 Å². The first-order chi connectivity index (χ1) is 4.41. The van der Waals surface area contributed by atoms with Gasteiger partial charge in [0.1, 0.15) is 0 Å². The van der Waals surface area contributed by atoms with E-state index >= 15 is 0 Å². The largest absolute Gasteiger partial charge is 1.00 e. The molecule has 64 valence electrons. The van der Waals surface area contributed by atoms with Crippen molar-refractivity contribution in [3.63, 3.8) is 0 Å². The third kappa shape index (κ3) is 84.6. The van der Waals surface area contributed by atoms with Crippen molar-refractivity contribution < 1.29 is 68.9 Å². The van der Waals surface area contributed by atoms with E-state index in [1.165, 1.54) is 12.8 Å². The Kier molecular flexibility index (Phi) is 19.2. The fourth-order valence-electron chi connectivity index (χ4n) is 0.250. The van der Waals surface area contributed by atoms with Crippen molar-refractivity contribution >= 4 is 10.4 Å². The van der Waals surface area contributed by atoms with Gasteiger partial charge in [0, 0.05) is 0 Å². The van der Waals surface area contributed by atoms with E-state index in [1.807, 2.05) is 0 Å². The van der Waals surface area contributed by atoms with E-state index in [1.54, 1.807) is 0 Å². The second-order valence-corrected chi connectivity index (χ2v) is 2.55. The number of unbranched alkanes of at least 4 members (excludes halogenated alkanes) is 2. The van der Waals surface area contributed by atoms with Gasteiger partial charge in [-0.05, 0) is 0 Å². The summed E-state index contributed by atoms with van der Waals surface area (Å²) in [7, 11) is -4.67. The zero-order chi connectivity index (χ0) is 8.62. The monoisotopic (exact) mass is 208 g/mol. The Morgan fingerprint density at radius 3 is 1.64 bits per heavy atom. The second-order valence-electron chi connectivity index (χ2n) is 1.65. The SMILES string of the molecule is O=S(=O)(O)O.[CH2-]CCCC.[K+]. The number of hydrogen-bond donors (Lipinski definition) is 2. The molecule has 0 unspecified atom stereocenters. The van der Waals surface area contributed by atoms with Crippen molar-refractivity contribution in [3.05, 3.63) is 6.92 Å². The minimum absolute atomic E-state index is 0. The van der Waals surface area contributed by atoms with Gasteiger partial charge >= 0.3 is 61.8 Å². The molecule has 0 heterocycles. The van der Waals surface area contributed by atoms with Gasteiger partial charge in [0.15, 0.2) is 0 Å². The molecule has 0 radical (unpaired) electrons. The zero-order valence-corrected chi connectivity index (χ0v) is 10.9. The van der Waals surface area contributed by atoms with Gasteiger partial charge in [-0.15, -0.1) is 0 Å². The summed E-state index contributed by atoms with van der Waals surface area (Å²) in [6.07, 6.45) is 3.65.